The lowest BCUT2D eigenvalue weighted by Crippen LogP contribution is -2.22. The number of allylic oxidation sites excluding steroid dienone is 6. The third-order valence-corrected chi connectivity index (χ3v) is 8.11. The first kappa shape index (κ1) is 13.8. The third-order valence-electron chi connectivity index (χ3n) is 8.11. The van der Waals surface area contributed by atoms with Crippen molar-refractivity contribution in [2.24, 2.45) is 19.1 Å². The fraction of sp³-hybridized carbons (Fsp3) is 0.0444. The maximum Gasteiger partial charge on any atom is 0.328 e. The standard InChI is InChI=1S/C45H32N4O2/c1-48-39-25-24-31(26-40(39)49(2)45(48)51)43-34-16-8-6-14-32(34)42(33-15-7-9-17-35(33)43)30-22-20-29(21-23-30)38-27-37(28-12-4-3-5-13-28)46-44(47-38)36-18-10-11-19-41(36)50/h3-27,47H,1-2H3/b44-36+/i3D,4D,5D,6D,7D,8D,9D,10D,11D,12D,13D,14D,15D,16D,17D,18D,19D,20D,21D,22D,23D,24D,25D,26D,27D. The van der Waals surface area contributed by atoms with Crippen LogP contribution in [0, 0.1) is 0 Å². The maximum atomic E-state index is 13.7. The predicted octanol–water partition coefficient (Wildman–Crippen LogP) is 8.86. The molecule has 0 saturated heterocycles. The van der Waals surface area contributed by atoms with Crippen LogP contribution in [-0.4, -0.2) is 20.6 Å². The second-order valence-electron chi connectivity index (χ2n) is 11.0. The number of rotatable bonds is 4. The Bertz CT molecular complexity index is 4120. The molecule has 6 nitrogen and oxygen atoms in total. The molecule has 0 fully saturated rings. The number of carbonyl (C=O) groups excluding carboxylic acids is 1. The Balaban J connectivity index is 1.48. The minimum absolute atomic E-state index is 0.194. The van der Waals surface area contributed by atoms with Crippen LogP contribution < -0.4 is 11.0 Å². The topological polar surface area (TPSA) is 68.4 Å². The molecule has 0 radical (unpaired) electrons. The van der Waals surface area contributed by atoms with Gasteiger partial charge < -0.3 is 5.32 Å². The number of aryl methyl sites for hydroxylation is 2. The van der Waals surface area contributed by atoms with Crippen LogP contribution in [0.15, 0.2) is 172 Å². The van der Waals surface area contributed by atoms with E-state index in [1.165, 1.54) is 14.1 Å². The molecule has 6 heteroatoms. The number of hydrogen-bond donors (Lipinski definition) is 1. The Hall–Kier alpha value is -6.79. The molecule has 1 aromatic heterocycles. The van der Waals surface area contributed by atoms with Crippen molar-refractivity contribution in [2.45, 2.75) is 0 Å². The predicted molar refractivity (Wildman–Crippen MR) is 208 cm³/mol. The van der Waals surface area contributed by atoms with Crippen molar-refractivity contribution in [3.05, 3.63) is 184 Å². The molecule has 1 aliphatic carbocycles. The first-order chi connectivity index (χ1) is 35.4. The van der Waals surface area contributed by atoms with Crippen molar-refractivity contribution in [3.63, 3.8) is 0 Å². The smallest absolute Gasteiger partial charge is 0.328 e. The molecular formula is C45H32N4O2. The van der Waals surface area contributed by atoms with Gasteiger partial charge in [0.25, 0.3) is 0 Å². The highest BCUT2D eigenvalue weighted by Crippen LogP contribution is 2.44. The molecule has 51 heavy (non-hydrogen) atoms. The number of ketones is 1. The van der Waals surface area contributed by atoms with E-state index in [0.717, 1.165) is 9.13 Å². The zero-order valence-corrected chi connectivity index (χ0v) is 26.2. The van der Waals surface area contributed by atoms with E-state index >= 15 is 0 Å². The van der Waals surface area contributed by atoms with Gasteiger partial charge in [-0.1, -0.05) is 121 Å². The molecule has 2 heterocycles. The Morgan fingerprint density at radius 2 is 1.14 bits per heavy atom. The molecule has 0 atom stereocenters. The summed E-state index contributed by atoms with van der Waals surface area (Å²) >= 11 is 0. The van der Waals surface area contributed by atoms with Gasteiger partial charge in [0.05, 0.1) is 56.6 Å². The zero-order chi connectivity index (χ0) is 56.4. The second-order valence-corrected chi connectivity index (χ2v) is 11.0. The largest absolute Gasteiger partial charge is 0.339 e. The average molecular weight is 686 g/mol. The van der Waals surface area contributed by atoms with Crippen LogP contribution in [0.1, 0.15) is 45.4 Å². The summed E-state index contributed by atoms with van der Waals surface area (Å²) in [5.41, 5.74) is -8.41. The third kappa shape index (κ3) is 4.99. The molecule has 0 spiro atoms. The van der Waals surface area contributed by atoms with Gasteiger partial charge in [0.1, 0.15) is 5.82 Å². The Morgan fingerprint density at radius 3 is 1.80 bits per heavy atom. The Morgan fingerprint density at radius 1 is 0.588 bits per heavy atom. The number of imidazole rings is 1. The molecule has 0 bridgehead atoms. The van der Waals surface area contributed by atoms with Gasteiger partial charge in [-0.25, -0.2) is 9.79 Å². The highest BCUT2D eigenvalue weighted by molar-refractivity contribution is 6.22. The van der Waals surface area contributed by atoms with Crippen molar-refractivity contribution in [3.8, 4) is 22.3 Å². The first-order valence-corrected chi connectivity index (χ1v) is 14.9. The molecule has 6 aromatic carbocycles. The van der Waals surface area contributed by atoms with Crippen LogP contribution in [0.4, 0.5) is 0 Å². The van der Waals surface area contributed by atoms with Crippen molar-refractivity contribution >= 4 is 49.8 Å². The zero-order valence-electron chi connectivity index (χ0n) is 51.2. The van der Waals surface area contributed by atoms with Crippen LogP contribution in [-0.2, 0) is 18.9 Å². The Kier molecular flexibility index (Phi) is 3.25. The van der Waals surface area contributed by atoms with E-state index in [1.54, 1.807) is 0 Å². The number of nitrogens with one attached hydrogen (secondary N) is 1. The van der Waals surface area contributed by atoms with Gasteiger partial charge in [-0.2, -0.15) is 0 Å². The van der Waals surface area contributed by atoms with E-state index in [1.807, 2.05) is 0 Å². The van der Waals surface area contributed by atoms with E-state index in [0.29, 0.717) is 0 Å². The molecule has 244 valence electrons. The molecule has 0 saturated carbocycles. The minimum atomic E-state index is -1.39. The SMILES string of the molecule is [2H]C1=C([2H])C([2H])=C([2H])/C(=C2/N=C(c3c([2H])c([2H])c([2H])c([2H])c3[2H])C([2H])=C(c3c([2H])c([2H])c(-c4c5c([2H])c([2H])c([2H])c([2H])c5c(-c5c([2H])c([2H])c6c(c5[2H])n(C)c(=O)n6C)c5c([2H])c([2H])c([2H])c([2H])c45)c([2H])c3[2H])N2)C1=O. The first-order valence-electron chi connectivity index (χ1n) is 27.4. The van der Waals surface area contributed by atoms with Crippen LogP contribution in [0.5, 0.6) is 0 Å². The summed E-state index contributed by atoms with van der Waals surface area (Å²) in [7, 11) is 2.54. The molecular weight excluding hydrogens is 629 g/mol. The van der Waals surface area contributed by atoms with Crippen molar-refractivity contribution in [1.82, 2.24) is 14.5 Å². The van der Waals surface area contributed by atoms with Gasteiger partial charge in [-0.3, -0.25) is 13.9 Å². The van der Waals surface area contributed by atoms with Crippen LogP contribution in [0.3, 0.4) is 0 Å². The molecule has 0 amide bonds. The van der Waals surface area contributed by atoms with Gasteiger partial charge >= 0.3 is 5.69 Å². The summed E-state index contributed by atoms with van der Waals surface area (Å²) in [6.45, 7) is 0. The van der Waals surface area contributed by atoms with Gasteiger partial charge in [-0.05, 0) is 79.6 Å². The molecule has 1 aliphatic heterocycles. The van der Waals surface area contributed by atoms with E-state index in [-0.39, 0.29) is 11.0 Å². The van der Waals surface area contributed by atoms with Gasteiger partial charge in [0.15, 0.2) is 5.78 Å². The summed E-state index contributed by atoms with van der Waals surface area (Å²) < 4.78 is 226. The van der Waals surface area contributed by atoms with Crippen molar-refractivity contribution < 1.29 is 39.1 Å². The number of hydrogen-bond acceptors (Lipinski definition) is 4. The Labute approximate surface area is 329 Å². The van der Waals surface area contributed by atoms with Gasteiger partial charge in [-0.15, -0.1) is 0 Å². The summed E-state index contributed by atoms with van der Waals surface area (Å²) in [6.07, 6.45) is 0. The van der Waals surface area contributed by atoms with E-state index < -0.39 is 240 Å². The highest BCUT2D eigenvalue weighted by Gasteiger charge is 2.21. The number of aromatic nitrogens is 2. The average Bonchev–Trinajstić information content (AvgIpc) is 3.65. The monoisotopic (exact) mass is 685 g/mol. The summed E-state index contributed by atoms with van der Waals surface area (Å²) in [5.74, 6) is -2.25. The second kappa shape index (κ2) is 12.0. The van der Waals surface area contributed by atoms with Gasteiger partial charge in [0.2, 0.25) is 0 Å². The van der Waals surface area contributed by atoms with E-state index in [9.17, 15) is 24.7 Å². The lowest BCUT2D eigenvalue weighted by atomic mass is 9.85. The summed E-state index contributed by atoms with van der Waals surface area (Å²) in [6, 6.07) is -24.2. The lowest BCUT2D eigenvalue weighted by molar-refractivity contribution is -0.111. The number of fused-ring (bicyclic) bond motifs is 3. The van der Waals surface area contributed by atoms with Crippen molar-refractivity contribution in [2.75, 3.05) is 0 Å². The minimum Gasteiger partial charge on any atom is -0.339 e. The fourth-order valence-corrected chi connectivity index (χ4v) is 5.74. The summed E-state index contributed by atoms with van der Waals surface area (Å²) in [4.78, 5) is 31.1. The number of carbonyl (C=O) groups is 1. The van der Waals surface area contributed by atoms with Crippen LogP contribution in [0.25, 0.3) is 60.5 Å². The fourth-order valence-electron chi connectivity index (χ4n) is 5.74. The molecule has 9 rings (SSSR count). The van der Waals surface area contributed by atoms with Crippen LogP contribution in [0.2, 0.25) is 0 Å². The van der Waals surface area contributed by atoms with Crippen molar-refractivity contribution in [1.29, 1.82) is 0 Å². The highest BCUT2D eigenvalue weighted by atomic mass is 16.1. The van der Waals surface area contributed by atoms with Gasteiger partial charge in [0, 0.05) is 25.4 Å². The maximum absolute atomic E-state index is 13.7. The molecule has 1 N–H and O–H groups in total. The van der Waals surface area contributed by atoms with E-state index in [2.05, 4.69) is 10.3 Å². The summed E-state index contributed by atoms with van der Waals surface area (Å²) in [5, 5.41) is -0.302. The van der Waals surface area contributed by atoms with E-state index in [4.69, 9.17) is 19.2 Å². The quantitative estimate of drug-likeness (QED) is 0.149. The normalized spacial score (nSPS) is 23.6. The molecule has 2 aliphatic rings. The number of aliphatic imine (C=N–C) groups is 1. The van der Waals surface area contributed by atoms with Crippen LogP contribution >= 0.6 is 0 Å². The lowest BCUT2D eigenvalue weighted by Gasteiger charge is -2.21. The number of nitrogens with zero attached hydrogens (tertiary/aromatic N) is 3. The number of benzene rings is 6. The molecule has 7 aromatic rings. The molecule has 0 unspecified atom stereocenters.